The number of carbonyl (C=O) groups is 1. The summed E-state index contributed by atoms with van der Waals surface area (Å²) in [6.45, 7) is 3.69. The molecule has 2 aromatic rings. The molecule has 0 unspecified atom stereocenters. The Hall–Kier alpha value is -2.34. The number of ether oxygens (including phenoxy) is 1. The van der Waals surface area contributed by atoms with E-state index in [1.54, 1.807) is 6.20 Å². The van der Waals surface area contributed by atoms with Crippen LogP contribution in [-0.4, -0.2) is 33.9 Å². The third-order valence-electron chi connectivity index (χ3n) is 4.53. The van der Waals surface area contributed by atoms with Gasteiger partial charge in [-0.3, -0.25) is 5.32 Å². The lowest BCUT2D eigenvalue weighted by atomic mass is 10.1. The molecular formula is C17H20N4O2. The van der Waals surface area contributed by atoms with E-state index in [0.717, 1.165) is 32.0 Å². The summed E-state index contributed by atoms with van der Waals surface area (Å²) in [6, 6.07) is 9.94. The number of rotatable bonds is 3. The van der Waals surface area contributed by atoms with Crippen molar-refractivity contribution in [3.05, 3.63) is 47.7 Å². The Morgan fingerprint density at radius 2 is 2.04 bits per heavy atom. The van der Waals surface area contributed by atoms with Crippen molar-refractivity contribution in [3.63, 3.8) is 0 Å². The molecule has 0 radical (unpaired) electrons. The zero-order chi connectivity index (χ0) is 15.6. The first kappa shape index (κ1) is 14.3. The van der Waals surface area contributed by atoms with Crippen molar-refractivity contribution in [2.24, 2.45) is 5.92 Å². The van der Waals surface area contributed by atoms with Gasteiger partial charge < -0.3 is 9.64 Å². The second kappa shape index (κ2) is 6.04. The summed E-state index contributed by atoms with van der Waals surface area (Å²) < 4.78 is 7.27. The van der Waals surface area contributed by atoms with E-state index in [2.05, 4.69) is 22.5 Å². The van der Waals surface area contributed by atoms with Gasteiger partial charge >= 0.3 is 6.03 Å². The van der Waals surface area contributed by atoms with Crippen LogP contribution in [0.3, 0.4) is 0 Å². The van der Waals surface area contributed by atoms with Crippen LogP contribution in [0.25, 0.3) is 0 Å². The maximum Gasteiger partial charge on any atom is 0.323 e. The number of urea groups is 1. The largest absolute Gasteiger partial charge is 0.381 e. The molecule has 4 rings (SSSR count). The van der Waals surface area contributed by atoms with Gasteiger partial charge in [-0.25, -0.2) is 9.48 Å². The molecule has 0 spiro atoms. The maximum absolute atomic E-state index is 12.5. The molecule has 1 fully saturated rings. The number of hydrogen-bond acceptors (Lipinski definition) is 3. The average molecular weight is 312 g/mol. The molecular weight excluding hydrogens is 292 g/mol. The highest BCUT2D eigenvalue weighted by atomic mass is 16.5. The number of amides is 2. The minimum absolute atomic E-state index is 0.0781. The average Bonchev–Trinajstić information content (AvgIpc) is 3.28. The van der Waals surface area contributed by atoms with Crippen LogP contribution >= 0.6 is 0 Å². The molecule has 6 heteroatoms. The predicted molar refractivity (Wildman–Crippen MR) is 85.9 cm³/mol. The van der Waals surface area contributed by atoms with Crippen molar-refractivity contribution in [3.8, 4) is 0 Å². The molecule has 1 aromatic heterocycles. The minimum Gasteiger partial charge on any atom is -0.381 e. The predicted octanol–water partition coefficient (Wildman–Crippen LogP) is 2.47. The van der Waals surface area contributed by atoms with Crippen LogP contribution in [0.4, 0.5) is 10.6 Å². The summed E-state index contributed by atoms with van der Waals surface area (Å²) in [7, 11) is 0. The van der Waals surface area contributed by atoms with E-state index < -0.39 is 0 Å². The second-order valence-corrected chi connectivity index (χ2v) is 6.18. The van der Waals surface area contributed by atoms with Gasteiger partial charge in [0.2, 0.25) is 0 Å². The zero-order valence-electron chi connectivity index (χ0n) is 12.9. The Labute approximate surface area is 135 Å². The van der Waals surface area contributed by atoms with Crippen molar-refractivity contribution >= 4 is 11.8 Å². The van der Waals surface area contributed by atoms with Gasteiger partial charge in [0.1, 0.15) is 5.82 Å². The highest BCUT2D eigenvalue weighted by Crippen LogP contribution is 2.23. The molecule has 0 aliphatic carbocycles. The van der Waals surface area contributed by atoms with Gasteiger partial charge in [0, 0.05) is 38.2 Å². The maximum atomic E-state index is 12.5. The van der Waals surface area contributed by atoms with Gasteiger partial charge in [-0.1, -0.05) is 24.3 Å². The van der Waals surface area contributed by atoms with E-state index in [9.17, 15) is 4.79 Å². The highest BCUT2D eigenvalue weighted by Gasteiger charge is 2.24. The lowest BCUT2D eigenvalue weighted by Gasteiger charge is -2.18. The highest BCUT2D eigenvalue weighted by molar-refractivity contribution is 5.88. The van der Waals surface area contributed by atoms with Gasteiger partial charge in [0.25, 0.3) is 0 Å². The fraction of sp³-hybridized carbons (Fsp3) is 0.412. The summed E-state index contributed by atoms with van der Waals surface area (Å²) in [5.74, 6) is 1.22. The summed E-state index contributed by atoms with van der Waals surface area (Å²) in [5.41, 5.74) is 2.44. The van der Waals surface area contributed by atoms with Crippen molar-refractivity contribution < 1.29 is 9.53 Å². The van der Waals surface area contributed by atoms with Crippen LogP contribution in [0.15, 0.2) is 36.5 Å². The van der Waals surface area contributed by atoms with Gasteiger partial charge in [-0.15, -0.1) is 0 Å². The lowest BCUT2D eigenvalue weighted by Crippen LogP contribution is -2.31. The Kier molecular flexibility index (Phi) is 3.75. The van der Waals surface area contributed by atoms with E-state index in [1.807, 2.05) is 27.8 Å². The van der Waals surface area contributed by atoms with E-state index in [0.29, 0.717) is 19.0 Å². The van der Waals surface area contributed by atoms with Crippen LogP contribution < -0.4 is 5.32 Å². The fourth-order valence-electron chi connectivity index (χ4n) is 3.22. The third-order valence-corrected chi connectivity index (χ3v) is 4.53. The first-order chi connectivity index (χ1) is 11.3. The Balaban J connectivity index is 1.41. The zero-order valence-corrected chi connectivity index (χ0v) is 12.9. The van der Waals surface area contributed by atoms with Crippen LogP contribution in [0.5, 0.6) is 0 Å². The van der Waals surface area contributed by atoms with Crippen molar-refractivity contribution in [2.75, 3.05) is 18.5 Å². The second-order valence-electron chi connectivity index (χ2n) is 6.18. The molecule has 1 saturated heterocycles. The van der Waals surface area contributed by atoms with Crippen LogP contribution in [0, 0.1) is 5.92 Å². The summed E-state index contributed by atoms with van der Waals surface area (Å²) in [6.07, 6.45) is 2.78. The first-order valence-corrected chi connectivity index (χ1v) is 8.02. The molecule has 1 atom stereocenters. The lowest BCUT2D eigenvalue weighted by molar-refractivity contribution is 0.181. The number of anilines is 1. The smallest absolute Gasteiger partial charge is 0.323 e. The van der Waals surface area contributed by atoms with Gasteiger partial charge in [0.05, 0.1) is 12.8 Å². The Morgan fingerprint density at radius 3 is 2.74 bits per heavy atom. The molecule has 2 amide bonds. The summed E-state index contributed by atoms with van der Waals surface area (Å²) in [5, 5.41) is 7.31. The van der Waals surface area contributed by atoms with Crippen molar-refractivity contribution in [2.45, 2.75) is 26.1 Å². The van der Waals surface area contributed by atoms with E-state index in [1.165, 1.54) is 11.1 Å². The van der Waals surface area contributed by atoms with Crippen LogP contribution in [0.2, 0.25) is 0 Å². The number of aromatic nitrogens is 2. The Morgan fingerprint density at radius 1 is 1.26 bits per heavy atom. The summed E-state index contributed by atoms with van der Waals surface area (Å²) in [4.78, 5) is 14.3. The van der Waals surface area contributed by atoms with Gasteiger partial charge in [-0.2, -0.15) is 5.10 Å². The number of hydrogen-bond donors (Lipinski definition) is 1. The molecule has 2 aliphatic rings. The van der Waals surface area contributed by atoms with Gasteiger partial charge in [-0.05, 0) is 17.5 Å². The number of carbonyl (C=O) groups excluding carboxylic acids is 1. The fourth-order valence-corrected chi connectivity index (χ4v) is 3.22. The number of nitrogens with zero attached hydrogens (tertiary/aromatic N) is 3. The number of fused-ring (bicyclic) bond motifs is 1. The normalized spacial score (nSPS) is 19.8. The van der Waals surface area contributed by atoms with E-state index >= 15 is 0 Å². The molecule has 1 aromatic carbocycles. The molecule has 120 valence electrons. The number of nitrogens with one attached hydrogen (secondary N) is 1. The standard InChI is InChI=1S/C17H20N4O2/c22-17(20-10-14-3-1-2-4-15(14)11-20)19-16-5-7-18-21(16)9-13-6-8-23-12-13/h1-5,7,13H,6,8-12H2,(H,19,22)/t13-/m1/s1. The van der Waals surface area contributed by atoms with Crippen LogP contribution in [-0.2, 0) is 24.4 Å². The van der Waals surface area contributed by atoms with Crippen molar-refractivity contribution in [1.29, 1.82) is 0 Å². The molecule has 0 saturated carbocycles. The first-order valence-electron chi connectivity index (χ1n) is 8.02. The topological polar surface area (TPSA) is 59.4 Å². The SMILES string of the molecule is O=C(Nc1ccnn1C[C@H]1CCOC1)N1Cc2ccccc2C1. The molecule has 0 bridgehead atoms. The summed E-state index contributed by atoms with van der Waals surface area (Å²) >= 11 is 0. The van der Waals surface area contributed by atoms with E-state index in [-0.39, 0.29) is 6.03 Å². The molecule has 23 heavy (non-hydrogen) atoms. The van der Waals surface area contributed by atoms with Crippen LogP contribution in [0.1, 0.15) is 17.5 Å². The number of benzene rings is 1. The Bertz CT molecular complexity index is 681. The molecule has 2 aliphatic heterocycles. The molecule has 3 heterocycles. The van der Waals surface area contributed by atoms with Gasteiger partial charge in [0.15, 0.2) is 0 Å². The molecule has 6 nitrogen and oxygen atoms in total. The molecule has 1 N–H and O–H groups in total. The third kappa shape index (κ3) is 2.94. The minimum atomic E-state index is -0.0781. The van der Waals surface area contributed by atoms with E-state index in [4.69, 9.17) is 4.74 Å². The quantitative estimate of drug-likeness (QED) is 0.947. The monoisotopic (exact) mass is 312 g/mol. The van der Waals surface area contributed by atoms with Crippen molar-refractivity contribution in [1.82, 2.24) is 14.7 Å².